The van der Waals surface area contributed by atoms with E-state index in [4.69, 9.17) is 4.42 Å². The summed E-state index contributed by atoms with van der Waals surface area (Å²) in [5.41, 5.74) is 12.2. The van der Waals surface area contributed by atoms with Gasteiger partial charge in [-0.15, -0.1) is 0 Å². The molecular formula is C58H37NO. The normalized spacial score (nSPS) is 11.7. The summed E-state index contributed by atoms with van der Waals surface area (Å²) in [6.45, 7) is 0. The van der Waals surface area contributed by atoms with E-state index in [1.54, 1.807) is 0 Å². The molecule has 0 saturated carbocycles. The molecule has 280 valence electrons. The molecule has 12 rings (SSSR count). The maximum atomic E-state index is 6.55. The van der Waals surface area contributed by atoms with Crippen molar-refractivity contribution < 1.29 is 4.42 Å². The fraction of sp³-hybridized carbons (Fsp3) is 0. The minimum atomic E-state index is 0.898. The van der Waals surface area contributed by atoms with E-state index in [2.05, 4.69) is 229 Å². The summed E-state index contributed by atoms with van der Waals surface area (Å²) in [5.74, 6) is 0. The zero-order valence-corrected chi connectivity index (χ0v) is 32.7. The molecular weight excluding hydrogens is 727 g/mol. The number of anilines is 3. The summed E-state index contributed by atoms with van der Waals surface area (Å²) in [7, 11) is 0. The fourth-order valence-electron chi connectivity index (χ4n) is 9.38. The molecule has 0 aliphatic heterocycles. The van der Waals surface area contributed by atoms with E-state index >= 15 is 0 Å². The molecule has 12 aromatic rings. The Bertz CT molecular complexity index is 3570. The maximum Gasteiger partial charge on any atom is 0.143 e. The minimum Gasteiger partial charge on any atom is -0.455 e. The first-order valence-corrected chi connectivity index (χ1v) is 20.6. The van der Waals surface area contributed by atoms with Crippen LogP contribution in [0.3, 0.4) is 0 Å². The molecule has 60 heavy (non-hydrogen) atoms. The molecule has 0 atom stereocenters. The van der Waals surface area contributed by atoms with Crippen LogP contribution in [0.1, 0.15) is 0 Å². The number of nitrogens with zero attached hydrogens (tertiary/aromatic N) is 1. The number of fused-ring (bicyclic) bond motifs is 9. The van der Waals surface area contributed by atoms with Crippen LogP contribution >= 0.6 is 0 Å². The molecule has 0 unspecified atom stereocenters. The molecule has 0 N–H and O–H groups in total. The first-order valence-electron chi connectivity index (χ1n) is 20.6. The number of hydrogen-bond acceptors (Lipinski definition) is 2. The second-order valence-corrected chi connectivity index (χ2v) is 15.6. The van der Waals surface area contributed by atoms with Crippen LogP contribution < -0.4 is 4.90 Å². The Balaban J connectivity index is 0.962. The van der Waals surface area contributed by atoms with E-state index in [0.717, 1.165) is 55.5 Å². The van der Waals surface area contributed by atoms with Gasteiger partial charge in [0, 0.05) is 33.2 Å². The van der Waals surface area contributed by atoms with Crippen LogP contribution in [-0.2, 0) is 0 Å². The Morgan fingerprint density at radius 1 is 0.267 bits per heavy atom. The van der Waals surface area contributed by atoms with E-state index < -0.39 is 0 Å². The molecule has 2 heteroatoms. The number of rotatable bonds is 6. The van der Waals surface area contributed by atoms with Crippen molar-refractivity contribution >= 4 is 82.1 Å². The number of furan rings is 1. The van der Waals surface area contributed by atoms with Crippen LogP contribution in [0.4, 0.5) is 17.1 Å². The van der Waals surface area contributed by atoms with E-state index in [9.17, 15) is 0 Å². The second-order valence-electron chi connectivity index (χ2n) is 15.6. The minimum absolute atomic E-state index is 0.898. The average Bonchev–Trinajstić information content (AvgIpc) is 3.72. The van der Waals surface area contributed by atoms with Gasteiger partial charge in [-0.25, -0.2) is 0 Å². The summed E-state index contributed by atoms with van der Waals surface area (Å²) in [6.07, 6.45) is 0. The molecule has 11 aromatic carbocycles. The Labute approximate surface area is 347 Å². The van der Waals surface area contributed by atoms with Gasteiger partial charge in [-0.1, -0.05) is 176 Å². The van der Waals surface area contributed by atoms with Crippen molar-refractivity contribution in [3.8, 4) is 33.4 Å². The van der Waals surface area contributed by atoms with Crippen LogP contribution in [0.2, 0.25) is 0 Å². The van der Waals surface area contributed by atoms with E-state index in [1.165, 1.54) is 60.0 Å². The van der Waals surface area contributed by atoms with E-state index in [0.29, 0.717) is 0 Å². The SMILES string of the molecule is c1ccc2c(-c3ccc(N(c4ccc(-c5cccc6c5ccc5ccccc56)cc4)c4ccc(-c5cccc6oc7c8ccccc8ccc7c56)cc4)cc3)cccc2c1. The van der Waals surface area contributed by atoms with Crippen LogP contribution in [0.25, 0.3) is 98.4 Å². The Morgan fingerprint density at radius 2 is 0.700 bits per heavy atom. The van der Waals surface area contributed by atoms with Crippen LogP contribution in [0.5, 0.6) is 0 Å². The van der Waals surface area contributed by atoms with Gasteiger partial charge in [-0.05, 0) is 120 Å². The van der Waals surface area contributed by atoms with Crippen molar-refractivity contribution in [2.45, 2.75) is 0 Å². The lowest BCUT2D eigenvalue weighted by atomic mass is 9.94. The lowest BCUT2D eigenvalue weighted by Gasteiger charge is -2.26. The third kappa shape index (κ3) is 5.57. The standard InChI is InChI=1S/C58H37NO/c1-4-14-47-38(10-1)13-7-17-48(47)41-22-30-44(31-23-41)59(45-32-24-42(25-33-45)50-18-8-20-53-49-15-5-2-11-39(49)28-36-54(50)53)46-34-26-43(27-35-46)51-19-9-21-56-57(51)55-37-29-40-12-3-6-16-52(40)58(55)60-56/h1-37H. The monoisotopic (exact) mass is 763 g/mol. The van der Waals surface area contributed by atoms with Crippen molar-refractivity contribution in [1.82, 2.24) is 0 Å². The van der Waals surface area contributed by atoms with E-state index in [1.807, 2.05) is 0 Å². The average molecular weight is 764 g/mol. The summed E-state index contributed by atoms with van der Waals surface area (Å²) in [5, 5.41) is 12.2. The molecule has 0 amide bonds. The molecule has 0 radical (unpaired) electrons. The lowest BCUT2D eigenvalue weighted by molar-refractivity contribution is 0.673. The molecule has 0 spiro atoms. The first kappa shape index (κ1) is 34.1. The summed E-state index contributed by atoms with van der Waals surface area (Å²) >= 11 is 0. The molecule has 1 aromatic heterocycles. The lowest BCUT2D eigenvalue weighted by Crippen LogP contribution is -2.09. The Hall–Kier alpha value is -7.94. The fourth-order valence-corrected chi connectivity index (χ4v) is 9.38. The smallest absolute Gasteiger partial charge is 0.143 e. The van der Waals surface area contributed by atoms with Gasteiger partial charge in [0.15, 0.2) is 0 Å². The van der Waals surface area contributed by atoms with Crippen molar-refractivity contribution in [3.05, 3.63) is 224 Å². The summed E-state index contributed by atoms with van der Waals surface area (Å²) < 4.78 is 6.55. The largest absolute Gasteiger partial charge is 0.455 e. The predicted molar refractivity (Wildman–Crippen MR) is 255 cm³/mol. The highest BCUT2D eigenvalue weighted by atomic mass is 16.3. The quantitative estimate of drug-likeness (QED) is 0.157. The summed E-state index contributed by atoms with van der Waals surface area (Å²) in [6, 6.07) is 81.2. The molecule has 1 heterocycles. The highest BCUT2D eigenvalue weighted by Gasteiger charge is 2.18. The van der Waals surface area contributed by atoms with E-state index in [-0.39, 0.29) is 0 Å². The van der Waals surface area contributed by atoms with Crippen LogP contribution in [0.15, 0.2) is 229 Å². The highest BCUT2D eigenvalue weighted by Crippen LogP contribution is 2.43. The Morgan fingerprint density at radius 3 is 1.35 bits per heavy atom. The number of benzene rings is 11. The Kier molecular flexibility index (Phi) is 7.89. The van der Waals surface area contributed by atoms with Crippen LogP contribution in [-0.4, -0.2) is 0 Å². The first-order chi connectivity index (χ1) is 29.7. The van der Waals surface area contributed by atoms with Crippen molar-refractivity contribution in [3.63, 3.8) is 0 Å². The van der Waals surface area contributed by atoms with Crippen LogP contribution in [0, 0.1) is 0 Å². The van der Waals surface area contributed by atoms with Gasteiger partial charge in [0.25, 0.3) is 0 Å². The molecule has 0 fully saturated rings. The second kappa shape index (κ2) is 13.9. The highest BCUT2D eigenvalue weighted by molar-refractivity contribution is 6.19. The van der Waals surface area contributed by atoms with Gasteiger partial charge in [0.1, 0.15) is 11.2 Å². The van der Waals surface area contributed by atoms with Gasteiger partial charge in [0.05, 0.1) is 0 Å². The topological polar surface area (TPSA) is 16.4 Å². The van der Waals surface area contributed by atoms with Gasteiger partial charge >= 0.3 is 0 Å². The molecule has 0 saturated heterocycles. The van der Waals surface area contributed by atoms with Crippen molar-refractivity contribution in [1.29, 1.82) is 0 Å². The predicted octanol–water partition coefficient (Wildman–Crippen LogP) is 16.7. The summed E-state index contributed by atoms with van der Waals surface area (Å²) in [4.78, 5) is 2.36. The molecule has 0 aliphatic carbocycles. The molecule has 0 aliphatic rings. The third-order valence-electron chi connectivity index (χ3n) is 12.3. The van der Waals surface area contributed by atoms with Crippen molar-refractivity contribution in [2.24, 2.45) is 0 Å². The van der Waals surface area contributed by atoms with Gasteiger partial charge in [-0.3, -0.25) is 0 Å². The maximum absolute atomic E-state index is 6.55. The molecule has 2 nitrogen and oxygen atoms in total. The van der Waals surface area contributed by atoms with Gasteiger partial charge in [-0.2, -0.15) is 0 Å². The number of hydrogen-bond donors (Lipinski definition) is 0. The molecule has 0 bridgehead atoms. The van der Waals surface area contributed by atoms with Gasteiger partial charge in [0.2, 0.25) is 0 Å². The zero-order chi connectivity index (χ0) is 39.6. The van der Waals surface area contributed by atoms with Gasteiger partial charge < -0.3 is 9.32 Å². The van der Waals surface area contributed by atoms with Crippen molar-refractivity contribution in [2.75, 3.05) is 4.90 Å². The third-order valence-corrected chi connectivity index (χ3v) is 12.3. The zero-order valence-electron chi connectivity index (χ0n) is 32.7.